The van der Waals surface area contributed by atoms with Gasteiger partial charge in [-0.2, -0.15) is 0 Å². The fraction of sp³-hybridized carbons (Fsp3) is 0.538. The van der Waals surface area contributed by atoms with E-state index in [0.29, 0.717) is 37.0 Å². The molecule has 0 aliphatic carbocycles. The van der Waals surface area contributed by atoms with E-state index in [1.807, 2.05) is 0 Å². The van der Waals surface area contributed by atoms with Crippen LogP contribution in [0.2, 0.25) is 0 Å². The number of unbranched alkanes of at least 4 members (excludes halogenated alkanes) is 1. The summed E-state index contributed by atoms with van der Waals surface area (Å²) in [5.74, 6) is 1.05. The first-order valence-corrected chi connectivity index (χ1v) is 6.96. The van der Waals surface area contributed by atoms with Gasteiger partial charge in [-0.15, -0.1) is 11.6 Å². The van der Waals surface area contributed by atoms with Crippen LogP contribution in [-0.2, 0) is 9.47 Å². The van der Waals surface area contributed by atoms with Crippen molar-refractivity contribution in [2.75, 3.05) is 25.7 Å². The third-order valence-electron chi connectivity index (χ3n) is 2.87. The van der Waals surface area contributed by atoms with Crippen molar-refractivity contribution in [3.05, 3.63) is 33.9 Å². The predicted octanol–water partition coefficient (Wildman–Crippen LogP) is 3.04. The molecule has 7 heteroatoms. The van der Waals surface area contributed by atoms with Gasteiger partial charge in [0.05, 0.1) is 36.4 Å². The van der Waals surface area contributed by atoms with Crippen LogP contribution in [0, 0.1) is 10.1 Å². The quantitative estimate of drug-likeness (QED) is 0.335. The lowest BCUT2D eigenvalue weighted by Gasteiger charge is -2.11. The molecule has 6 nitrogen and oxygen atoms in total. The number of hydrogen-bond donors (Lipinski definition) is 0. The SMILES string of the molecule is O=[N+]([O-])c1cc(OCCCCCl)ccc1C1OCCO1. The molecule has 1 aliphatic rings. The fourth-order valence-electron chi connectivity index (χ4n) is 1.90. The normalized spacial score (nSPS) is 15.4. The first-order valence-electron chi connectivity index (χ1n) is 6.42. The highest BCUT2D eigenvalue weighted by molar-refractivity contribution is 6.17. The number of halogens is 1. The molecule has 0 saturated carbocycles. The van der Waals surface area contributed by atoms with Gasteiger partial charge < -0.3 is 14.2 Å². The van der Waals surface area contributed by atoms with E-state index in [1.54, 1.807) is 12.1 Å². The number of nitrogens with zero attached hydrogens (tertiary/aromatic N) is 1. The van der Waals surface area contributed by atoms with Crippen LogP contribution < -0.4 is 4.74 Å². The average Bonchev–Trinajstić information content (AvgIpc) is 2.97. The van der Waals surface area contributed by atoms with Gasteiger partial charge in [-0.1, -0.05) is 0 Å². The summed E-state index contributed by atoms with van der Waals surface area (Å²) in [5, 5.41) is 11.1. The van der Waals surface area contributed by atoms with Crippen LogP contribution in [0.4, 0.5) is 5.69 Å². The molecule has 1 heterocycles. The van der Waals surface area contributed by atoms with Crippen molar-refractivity contribution in [3.63, 3.8) is 0 Å². The number of hydrogen-bond acceptors (Lipinski definition) is 5. The molecular formula is C13H16ClNO5. The lowest BCUT2D eigenvalue weighted by atomic mass is 10.1. The summed E-state index contributed by atoms with van der Waals surface area (Å²) < 4.78 is 16.1. The fourth-order valence-corrected chi connectivity index (χ4v) is 2.08. The summed E-state index contributed by atoms with van der Waals surface area (Å²) in [6.45, 7) is 1.37. The van der Waals surface area contributed by atoms with Gasteiger partial charge in [-0.05, 0) is 25.0 Å². The van der Waals surface area contributed by atoms with Crippen molar-refractivity contribution in [1.82, 2.24) is 0 Å². The Morgan fingerprint density at radius 3 is 2.75 bits per heavy atom. The molecular weight excluding hydrogens is 286 g/mol. The molecule has 0 bridgehead atoms. The van der Waals surface area contributed by atoms with Crippen LogP contribution in [0.1, 0.15) is 24.7 Å². The van der Waals surface area contributed by atoms with Gasteiger partial charge in [0.25, 0.3) is 5.69 Å². The monoisotopic (exact) mass is 301 g/mol. The Kier molecular flexibility index (Phi) is 5.58. The van der Waals surface area contributed by atoms with E-state index in [-0.39, 0.29) is 5.69 Å². The molecule has 1 fully saturated rings. The molecule has 0 radical (unpaired) electrons. The average molecular weight is 302 g/mol. The first kappa shape index (κ1) is 15.0. The number of benzene rings is 1. The maximum atomic E-state index is 11.1. The summed E-state index contributed by atoms with van der Waals surface area (Å²) in [5.41, 5.74) is 0.368. The maximum Gasteiger partial charge on any atom is 0.281 e. The molecule has 0 amide bonds. The third kappa shape index (κ3) is 3.82. The Morgan fingerprint density at radius 1 is 1.35 bits per heavy atom. The minimum Gasteiger partial charge on any atom is -0.493 e. The Hall–Kier alpha value is -1.37. The lowest BCUT2D eigenvalue weighted by Crippen LogP contribution is -2.04. The minimum absolute atomic E-state index is 0.0493. The van der Waals surface area contributed by atoms with Gasteiger partial charge in [0, 0.05) is 5.88 Å². The van der Waals surface area contributed by atoms with E-state index in [9.17, 15) is 10.1 Å². The molecule has 0 aromatic heterocycles. The van der Waals surface area contributed by atoms with Crippen molar-refractivity contribution >= 4 is 17.3 Å². The maximum absolute atomic E-state index is 11.1. The summed E-state index contributed by atoms with van der Waals surface area (Å²) in [6, 6.07) is 4.71. The molecule has 110 valence electrons. The second-order valence-corrected chi connectivity index (χ2v) is 4.67. The number of ether oxygens (including phenoxy) is 3. The largest absolute Gasteiger partial charge is 0.493 e. The molecule has 0 atom stereocenters. The molecule has 1 aromatic carbocycles. The second kappa shape index (κ2) is 7.42. The van der Waals surface area contributed by atoms with Crippen molar-refractivity contribution in [2.24, 2.45) is 0 Å². The van der Waals surface area contributed by atoms with E-state index in [0.717, 1.165) is 12.8 Å². The van der Waals surface area contributed by atoms with E-state index in [2.05, 4.69) is 0 Å². The van der Waals surface area contributed by atoms with Gasteiger partial charge in [-0.25, -0.2) is 0 Å². The summed E-state index contributed by atoms with van der Waals surface area (Å²) in [6.07, 6.45) is 1.00. The van der Waals surface area contributed by atoms with Gasteiger partial charge >= 0.3 is 0 Å². The van der Waals surface area contributed by atoms with Crippen molar-refractivity contribution < 1.29 is 19.1 Å². The van der Waals surface area contributed by atoms with Crippen LogP contribution in [0.25, 0.3) is 0 Å². The molecule has 2 rings (SSSR count). The number of nitro groups is 1. The van der Waals surface area contributed by atoms with Gasteiger partial charge in [0.15, 0.2) is 6.29 Å². The number of rotatable bonds is 7. The highest BCUT2D eigenvalue weighted by Gasteiger charge is 2.27. The topological polar surface area (TPSA) is 70.8 Å². The predicted molar refractivity (Wildman–Crippen MR) is 73.2 cm³/mol. The zero-order chi connectivity index (χ0) is 14.4. The lowest BCUT2D eigenvalue weighted by molar-refractivity contribution is -0.386. The number of alkyl halides is 1. The van der Waals surface area contributed by atoms with Crippen molar-refractivity contribution in [3.8, 4) is 5.75 Å². The van der Waals surface area contributed by atoms with Crippen molar-refractivity contribution in [2.45, 2.75) is 19.1 Å². The Labute approximate surface area is 121 Å². The molecule has 1 aliphatic heterocycles. The third-order valence-corrected chi connectivity index (χ3v) is 3.14. The van der Waals surface area contributed by atoms with Crippen LogP contribution in [0.15, 0.2) is 18.2 Å². The highest BCUT2D eigenvalue weighted by Crippen LogP contribution is 2.33. The summed E-state index contributed by atoms with van der Waals surface area (Å²) in [7, 11) is 0. The Morgan fingerprint density at radius 2 is 2.10 bits per heavy atom. The van der Waals surface area contributed by atoms with E-state index in [1.165, 1.54) is 6.07 Å². The van der Waals surface area contributed by atoms with Crippen LogP contribution in [-0.4, -0.2) is 30.6 Å². The van der Waals surface area contributed by atoms with E-state index in [4.69, 9.17) is 25.8 Å². The van der Waals surface area contributed by atoms with Gasteiger partial charge in [0.2, 0.25) is 0 Å². The molecule has 1 aromatic rings. The minimum atomic E-state index is -0.666. The Balaban J connectivity index is 2.08. The molecule has 1 saturated heterocycles. The van der Waals surface area contributed by atoms with Gasteiger partial charge in [-0.3, -0.25) is 10.1 Å². The van der Waals surface area contributed by atoms with E-state index < -0.39 is 11.2 Å². The first-order chi connectivity index (χ1) is 9.72. The number of nitro benzene ring substituents is 1. The summed E-state index contributed by atoms with van der Waals surface area (Å²) in [4.78, 5) is 10.7. The molecule has 20 heavy (non-hydrogen) atoms. The van der Waals surface area contributed by atoms with E-state index >= 15 is 0 Å². The molecule has 0 unspecified atom stereocenters. The highest BCUT2D eigenvalue weighted by atomic mass is 35.5. The zero-order valence-electron chi connectivity index (χ0n) is 10.9. The smallest absolute Gasteiger partial charge is 0.281 e. The second-order valence-electron chi connectivity index (χ2n) is 4.30. The zero-order valence-corrected chi connectivity index (χ0v) is 11.7. The van der Waals surface area contributed by atoms with Gasteiger partial charge in [0.1, 0.15) is 5.75 Å². The molecule has 0 N–H and O–H groups in total. The van der Waals surface area contributed by atoms with Crippen LogP contribution in [0.5, 0.6) is 5.75 Å². The molecule has 0 spiro atoms. The van der Waals surface area contributed by atoms with Crippen molar-refractivity contribution in [1.29, 1.82) is 0 Å². The summed E-state index contributed by atoms with van der Waals surface area (Å²) >= 11 is 5.57. The Bertz CT molecular complexity index is 462. The standard InChI is InChI=1S/C13H16ClNO5/c14-5-1-2-6-18-10-3-4-11(12(9-10)15(16)17)13-19-7-8-20-13/h3-4,9,13H,1-2,5-8H2. The van der Waals surface area contributed by atoms with Crippen LogP contribution in [0.3, 0.4) is 0 Å². The van der Waals surface area contributed by atoms with Crippen LogP contribution >= 0.6 is 11.6 Å².